The molecule has 1 saturated heterocycles. The summed E-state index contributed by atoms with van der Waals surface area (Å²) in [6, 6.07) is 0. The van der Waals surface area contributed by atoms with Gasteiger partial charge in [0.15, 0.2) is 12.1 Å². The van der Waals surface area contributed by atoms with Crippen LogP contribution in [0.15, 0.2) is 10.8 Å². The molecule has 0 unspecified atom stereocenters. The van der Waals surface area contributed by atoms with Gasteiger partial charge < -0.3 is 9.32 Å². The van der Waals surface area contributed by atoms with Crippen LogP contribution < -0.4 is 0 Å². The normalized spacial score (nSPS) is 27.3. The van der Waals surface area contributed by atoms with Gasteiger partial charge in [-0.25, -0.2) is 4.98 Å². The molecule has 1 amide bonds. The molecule has 4 heteroatoms. The van der Waals surface area contributed by atoms with E-state index in [1.807, 2.05) is 11.8 Å². The Kier molecular flexibility index (Phi) is 3.10. The predicted molar refractivity (Wildman–Crippen MR) is 67.2 cm³/mol. The Morgan fingerprint density at radius 2 is 2.06 bits per heavy atom. The van der Waals surface area contributed by atoms with E-state index in [0.717, 1.165) is 37.1 Å². The van der Waals surface area contributed by atoms with Gasteiger partial charge in [0.2, 0.25) is 0 Å². The molecule has 0 aromatic carbocycles. The zero-order chi connectivity index (χ0) is 12.5. The Labute approximate surface area is 107 Å². The minimum absolute atomic E-state index is 0.0648. The largest absolute Gasteiger partial charge is 0.448 e. The highest BCUT2D eigenvalue weighted by molar-refractivity contribution is 5.93. The first-order valence-corrected chi connectivity index (χ1v) is 7.01. The van der Waals surface area contributed by atoms with Crippen LogP contribution in [0.5, 0.6) is 0 Å². The van der Waals surface area contributed by atoms with Crippen molar-refractivity contribution in [3.05, 3.63) is 17.8 Å². The van der Waals surface area contributed by atoms with Crippen molar-refractivity contribution in [1.82, 2.24) is 9.88 Å². The molecule has 1 aliphatic heterocycles. The molecule has 0 bridgehead atoms. The number of oxazole rings is 1. The molecule has 0 radical (unpaired) electrons. The van der Waals surface area contributed by atoms with Crippen molar-refractivity contribution in [1.29, 1.82) is 0 Å². The molecule has 1 aromatic rings. The van der Waals surface area contributed by atoms with Crippen LogP contribution in [0.1, 0.15) is 48.9 Å². The van der Waals surface area contributed by atoms with Crippen LogP contribution in [-0.2, 0) is 6.42 Å². The molecule has 1 saturated carbocycles. The Morgan fingerprint density at radius 1 is 1.39 bits per heavy atom. The maximum absolute atomic E-state index is 12.4. The maximum atomic E-state index is 12.4. The number of fused-ring (bicyclic) bond motifs is 1. The van der Waals surface area contributed by atoms with Gasteiger partial charge in [0.25, 0.3) is 5.91 Å². The number of likely N-dealkylation sites (tertiary alicyclic amines) is 1. The minimum Gasteiger partial charge on any atom is -0.448 e. The fourth-order valence-electron chi connectivity index (χ4n) is 3.42. The standard InChI is InChI=1S/C14H20N2O2/c1-2-12-13(15-9-18-12)14(17)16-7-10-5-3-4-6-11(10)8-16/h9-11H,2-8H2,1H3/t10-,11-/m0/s1. The van der Waals surface area contributed by atoms with Gasteiger partial charge in [-0.3, -0.25) is 4.79 Å². The van der Waals surface area contributed by atoms with Crippen molar-refractivity contribution < 1.29 is 9.21 Å². The van der Waals surface area contributed by atoms with Crippen molar-refractivity contribution >= 4 is 5.91 Å². The molecule has 1 aromatic heterocycles. The van der Waals surface area contributed by atoms with E-state index in [-0.39, 0.29) is 5.91 Å². The molecular weight excluding hydrogens is 228 g/mol. The van der Waals surface area contributed by atoms with Crippen LogP contribution in [0.25, 0.3) is 0 Å². The summed E-state index contributed by atoms with van der Waals surface area (Å²) in [5.74, 6) is 2.23. The molecule has 0 spiro atoms. The summed E-state index contributed by atoms with van der Waals surface area (Å²) in [6.45, 7) is 3.82. The van der Waals surface area contributed by atoms with Gasteiger partial charge in [0.1, 0.15) is 5.76 Å². The lowest BCUT2D eigenvalue weighted by molar-refractivity contribution is 0.0776. The van der Waals surface area contributed by atoms with E-state index >= 15 is 0 Å². The Bertz CT molecular complexity index is 427. The second-order valence-corrected chi connectivity index (χ2v) is 5.49. The van der Waals surface area contributed by atoms with E-state index in [1.54, 1.807) is 0 Å². The summed E-state index contributed by atoms with van der Waals surface area (Å²) in [5, 5.41) is 0. The van der Waals surface area contributed by atoms with Crippen LogP contribution in [0, 0.1) is 11.8 Å². The van der Waals surface area contributed by atoms with E-state index < -0.39 is 0 Å². The van der Waals surface area contributed by atoms with Crippen molar-refractivity contribution in [2.45, 2.75) is 39.0 Å². The summed E-state index contributed by atoms with van der Waals surface area (Å²) in [6.07, 6.45) is 7.33. The third kappa shape index (κ3) is 1.93. The first-order chi connectivity index (χ1) is 8.79. The van der Waals surface area contributed by atoms with Crippen LogP contribution >= 0.6 is 0 Å². The van der Waals surface area contributed by atoms with E-state index in [0.29, 0.717) is 5.69 Å². The fourth-order valence-corrected chi connectivity index (χ4v) is 3.42. The topological polar surface area (TPSA) is 46.3 Å². The zero-order valence-corrected chi connectivity index (χ0v) is 10.9. The summed E-state index contributed by atoms with van der Waals surface area (Å²) in [4.78, 5) is 18.5. The molecule has 2 atom stereocenters. The quantitative estimate of drug-likeness (QED) is 0.807. The van der Waals surface area contributed by atoms with Gasteiger partial charge >= 0.3 is 0 Å². The molecule has 3 rings (SSSR count). The summed E-state index contributed by atoms with van der Waals surface area (Å²) in [5.41, 5.74) is 0.524. The average Bonchev–Trinajstić information content (AvgIpc) is 3.03. The molecule has 1 aliphatic carbocycles. The highest BCUT2D eigenvalue weighted by Crippen LogP contribution is 2.36. The van der Waals surface area contributed by atoms with Crippen LogP contribution in [0.3, 0.4) is 0 Å². The summed E-state index contributed by atoms with van der Waals surface area (Å²) < 4.78 is 5.25. The number of rotatable bonds is 2. The Morgan fingerprint density at radius 3 is 2.67 bits per heavy atom. The zero-order valence-electron chi connectivity index (χ0n) is 10.9. The van der Waals surface area contributed by atoms with Crippen LogP contribution in [0.4, 0.5) is 0 Å². The van der Waals surface area contributed by atoms with Crippen LogP contribution in [0.2, 0.25) is 0 Å². The number of hydrogen-bond acceptors (Lipinski definition) is 3. The smallest absolute Gasteiger partial charge is 0.276 e. The first-order valence-electron chi connectivity index (χ1n) is 7.01. The molecule has 98 valence electrons. The second-order valence-electron chi connectivity index (χ2n) is 5.49. The Hall–Kier alpha value is -1.32. The summed E-state index contributed by atoms with van der Waals surface area (Å²) in [7, 11) is 0. The van der Waals surface area contributed by atoms with Gasteiger partial charge in [-0.05, 0) is 24.7 Å². The third-order valence-electron chi connectivity index (χ3n) is 4.43. The van der Waals surface area contributed by atoms with Crippen molar-refractivity contribution in [2.75, 3.05) is 13.1 Å². The highest BCUT2D eigenvalue weighted by atomic mass is 16.3. The Balaban J connectivity index is 1.74. The van der Waals surface area contributed by atoms with E-state index in [1.165, 1.54) is 32.1 Å². The van der Waals surface area contributed by atoms with Gasteiger partial charge in [-0.1, -0.05) is 19.8 Å². The third-order valence-corrected chi connectivity index (χ3v) is 4.43. The number of nitrogens with zero attached hydrogens (tertiary/aromatic N) is 2. The van der Waals surface area contributed by atoms with Crippen molar-refractivity contribution in [2.24, 2.45) is 11.8 Å². The molecule has 4 nitrogen and oxygen atoms in total. The van der Waals surface area contributed by atoms with Gasteiger partial charge in [0.05, 0.1) is 0 Å². The van der Waals surface area contributed by atoms with Crippen molar-refractivity contribution in [3.63, 3.8) is 0 Å². The van der Waals surface area contributed by atoms with Gasteiger partial charge in [-0.15, -0.1) is 0 Å². The predicted octanol–water partition coefficient (Wildman–Crippen LogP) is 2.50. The maximum Gasteiger partial charge on any atom is 0.276 e. The van der Waals surface area contributed by atoms with Gasteiger partial charge in [-0.2, -0.15) is 0 Å². The van der Waals surface area contributed by atoms with Crippen molar-refractivity contribution in [3.8, 4) is 0 Å². The molecule has 2 aliphatic rings. The molecule has 2 fully saturated rings. The second kappa shape index (κ2) is 4.75. The lowest BCUT2D eigenvalue weighted by atomic mass is 9.82. The lowest BCUT2D eigenvalue weighted by Gasteiger charge is -2.22. The number of carbonyl (C=O) groups is 1. The van der Waals surface area contributed by atoms with E-state index in [9.17, 15) is 4.79 Å². The number of aromatic nitrogens is 1. The molecular formula is C14H20N2O2. The monoisotopic (exact) mass is 248 g/mol. The van der Waals surface area contributed by atoms with E-state index in [4.69, 9.17) is 4.42 Å². The van der Waals surface area contributed by atoms with Gasteiger partial charge in [0, 0.05) is 19.5 Å². The highest BCUT2D eigenvalue weighted by Gasteiger charge is 2.37. The lowest BCUT2D eigenvalue weighted by Crippen LogP contribution is -2.30. The SMILES string of the molecule is CCc1ocnc1C(=O)N1C[C@@H]2CCCC[C@H]2C1. The molecule has 2 heterocycles. The number of amides is 1. The number of hydrogen-bond donors (Lipinski definition) is 0. The first kappa shape index (κ1) is 11.8. The molecule has 18 heavy (non-hydrogen) atoms. The average molecular weight is 248 g/mol. The number of carbonyl (C=O) groups excluding carboxylic acids is 1. The number of aryl methyl sites for hydroxylation is 1. The van der Waals surface area contributed by atoms with Crippen LogP contribution in [-0.4, -0.2) is 28.9 Å². The molecule has 0 N–H and O–H groups in total. The summed E-state index contributed by atoms with van der Waals surface area (Å²) >= 11 is 0. The minimum atomic E-state index is 0.0648. The fraction of sp³-hybridized carbons (Fsp3) is 0.714. The van der Waals surface area contributed by atoms with E-state index in [2.05, 4.69) is 4.98 Å².